The average Bonchev–Trinajstić information content (AvgIpc) is 2.64. The van der Waals surface area contributed by atoms with Gasteiger partial charge in [0.15, 0.2) is 0 Å². The highest BCUT2D eigenvalue weighted by Gasteiger charge is 2.46. The second-order valence-electron chi connectivity index (χ2n) is 4.78. The molecule has 0 saturated carbocycles. The Morgan fingerprint density at radius 2 is 2.11 bits per heavy atom. The van der Waals surface area contributed by atoms with Crippen LogP contribution in [0.1, 0.15) is 24.8 Å². The number of carbonyl (C=O) groups excluding carboxylic acids is 1. The number of ether oxygens (including phenoxy) is 1. The van der Waals surface area contributed by atoms with Crippen molar-refractivity contribution >= 4 is 17.7 Å². The highest BCUT2D eigenvalue weighted by molar-refractivity contribution is 8.01. The minimum Gasteiger partial charge on any atom is -0.508 e. The standard InChI is InChI=1S/C13H17NO3S/c1-13(2)10(12(16)17-3)14-11(18-13)8-6-4-5-7-9(8)15/h4-7,10-11,14-15H,1-3H3. The maximum absolute atomic E-state index is 11.7. The summed E-state index contributed by atoms with van der Waals surface area (Å²) in [7, 11) is 1.39. The van der Waals surface area contributed by atoms with E-state index in [-0.39, 0.29) is 27.9 Å². The van der Waals surface area contributed by atoms with Crippen LogP contribution in [0.5, 0.6) is 5.75 Å². The second kappa shape index (κ2) is 4.82. The lowest BCUT2D eigenvalue weighted by atomic mass is 10.0. The fourth-order valence-electron chi connectivity index (χ4n) is 2.09. The first-order valence-corrected chi connectivity index (χ1v) is 6.63. The van der Waals surface area contributed by atoms with Crippen LogP contribution in [-0.2, 0) is 9.53 Å². The lowest BCUT2D eigenvalue weighted by Gasteiger charge is -2.22. The SMILES string of the molecule is COC(=O)C1NC(c2ccccc2O)SC1(C)C. The molecule has 2 rings (SSSR count). The maximum atomic E-state index is 11.7. The molecule has 1 aliphatic rings. The molecule has 5 heteroatoms. The first-order valence-electron chi connectivity index (χ1n) is 5.75. The normalized spacial score (nSPS) is 25.9. The Balaban J connectivity index is 2.25. The van der Waals surface area contributed by atoms with Gasteiger partial charge in [-0.2, -0.15) is 0 Å². The van der Waals surface area contributed by atoms with E-state index in [1.165, 1.54) is 7.11 Å². The van der Waals surface area contributed by atoms with Gasteiger partial charge in [0.2, 0.25) is 0 Å². The van der Waals surface area contributed by atoms with E-state index in [0.717, 1.165) is 5.56 Å². The number of hydrogen-bond donors (Lipinski definition) is 2. The number of aromatic hydroxyl groups is 1. The summed E-state index contributed by atoms with van der Waals surface area (Å²) in [5, 5.41) is 13.0. The zero-order valence-corrected chi connectivity index (χ0v) is 11.5. The summed E-state index contributed by atoms with van der Waals surface area (Å²) in [5.74, 6) is -0.0331. The quantitative estimate of drug-likeness (QED) is 0.803. The van der Waals surface area contributed by atoms with Crippen LogP contribution in [0.3, 0.4) is 0 Å². The van der Waals surface area contributed by atoms with E-state index in [2.05, 4.69) is 5.32 Å². The number of carbonyl (C=O) groups is 1. The molecule has 0 aromatic heterocycles. The molecule has 1 aromatic rings. The number of phenolic OH excluding ortho intramolecular Hbond substituents is 1. The molecule has 0 spiro atoms. The summed E-state index contributed by atoms with van der Waals surface area (Å²) < 4.78 is 4.53. The van der Waals surface area contributed by atoms with Crippen LogP contribution in [0.15, 0.2) is 24.3 Å². The monoisotopic (exact) mass is 267 g/mol. The Morgan fingerprint density at radius 1 is 1.44 bits per heavy atom. The fraction of sp³-hybridized carbons (Fsp3) is 0.462. The molecule has 2 atom stereocenters. The van der Waals surface area contributed by atoms with Crippen molar-refractivity contribution < 1.29 is 14.6 Å². The molecule has 1 heterocycles. The van der Waals surface area contributed by atoms with E-state index < -0.39 is 0 Å². The van der Waals surface area contributed by atoms with Crippen LogP contribution >= 0.6 is 11.8 Å². The van der Waals surface area contributed by atoms with Crippen molar-refractivity contribution in [2.45, 2.75) is 30.0 Å². The van der Waals surface area contributed by atoms with Crippen LogP contribution in [-0.4, -0.2) is 29.0 Å². The summed E-state index contributed by atoms with van der Waals surface area (Å²) in [4.78, 5) is 11.7. The van der Waals surface area contributed by atoms with Crippen LogP contribution < -0.4 is 5.32 Å². The zero-order chi connectivity index (χ0) is 13.3. The van der Waals surface area contributed by atoms with Crippen LogP contribution in [0.2, 0.25) is 0 Å². The number of thioether (sulfide) groups is 1. The van der Waals surface area contributed by atoms with E-state index in [4.69, 9.17) is 4.74 Å². The van der Waals surface area contributed by atoms with Gasteiger partial charge in [0, 0.05) is 10.3 Å². The molecule has 1 aliphatic heterocycles. The molecular formula is C13H17NO3S. The van der Waals surface area contributed by atoms with Crippen molar-refractivity contribution in [2.75, 3.05) is 7.11 Å². The molecule has 98 valence electrons. The Morgan fingerprint density at radius 3 is 2.72 bits per heavy atom. The predicted octanol–water partition coefficient (Wildman–Crippen LogP) is 2.05. The third-order valence-electron chi connectivity index (χ3n) is 3.09. The topological polar surface area (TPSA) is 58.6 Å². The van der Waals surface area contributed by atoms with Gasteiger partial charge >= 0.3 is 5.97 Å². The molecule has 1 fully saturated rings. The molecule has 0 bridgehead atoms. The van der Waals surface area contributed by atoms with E-state index in [1.54, 1.807) is 23.9 Å². The van der Waals surface area contributed by atoms with Gasteiger partial charge in [-0.1, -0.05) is 18.2 Å². The molecule has 0 radical (unpaired) electrons. The highest BCUT2D eigenvalue weighted by Crippen LogP contribution is 2.47. The second-order valence-corrected chi connectivity index (χ2v) is 6.54. The summed E-state index contributed by atoms with van der Waals surface area (Å²) in [6, 6.07) is 6.78. The minimum atomic E-state index is -0.378. The zero-order valence-electron chi connectivity index (χ0n) is 10.6. The fourth-order valence-corrected chi connectivity index (χ4v) is 3.53. The number of para-hydroxylation sites is 1. The van der Waals surface area contributed by atoms with Gasteiger partial charge in [-0.05, 0) is 19.9 Å². The lowest BCUT2D eigenvalue weighted by Crippen LogP contribution is -2.44. The van der Waals surface area contributed by atoms with E-state index in [0.29, 0.717) is 0 Å². The first-order chi connectivity index (χ1) is 8.45. The lowest BCUT2D eigenvalue weighted by molar-refractivity contribution is -0.143. The molecule has 1 saturated heterocycles. The van der Waals surface area contributed by atoms with Gasteiger partial charge in [0.05, 0.1) is 12.5 Å². The van der Waals surface area contributed by atoms with Gasteiger partial charge in [0.1, 0.15) is 11.8 Å². The van der Waals surface area contributed by atoms with Gasteiger partial charge in [0.25, 0.3) is 0 Å². The average molecular weight is 267 g/mol. The molecule has 2 N–H and O–H groups in total. The van der Waals surface area contributed by atoms with Crippen molar-refractivity contribution in [3.8, 4) is 5.75 Å². The summed E-state index contributed by atoms with van der Waals surface area (Å²) in [5.41, 5.74) is 0.793. The predicted molar refractivity (Wildman–Crippen MR) is 71.5 cm³/mol. The summed E-state index contributed by atoms with van der Waals surface area (Å²) in [6.07, 6.45) is 0. The van der Waals surface area contributed by atoms with Crippen molar-refractivity contribution in [1.82, 2.24) is 5.32 Å². The Labute approximate surface area is 111 Å². The van der Waals surface area contributed by atoms with Crippen molar-refractivity contribution in [3.05, 3.63) is 29.8 Å². The maximum Gasteiger partial charge on any atom is 0.324 e. The molecular weight excluding hydrogens is 250 g/mol. The highest BCUT2D eigenvalue weighted by atomic mass is 32.2. The minimum absolute atomic E-state index is 0.106. The first kappa shape index (κ1) is 13.2. The number of hydrogen-bond acceptors (Lipinski definition) is 5. The third-order valence-corrected chi connectivity index (χ3v) is 4.56. The van der Waals surface area contributed by atoms with Crippen molar-refractivity contribution in [3.63, 3.8) is 0 Å². The largest absolute Gasteiger partial charge is 0.508 e. The van der Waals surface area contributed by atoms with E-state index >= 15 is 0 Å². The Hall–Kier alpha value is -1.20. The molecule has 18 heavy (non-hydrogen) atoms. The van der Waals surface area contributed by atoms with Crippen LogP contribution in [0.25, 0.3) is 0 Å². The van der Waals surface area contributed by atoms with Gasteiger partial charge in [-0.3, -0.25) is 10.1 Å². The number of benzene rings is 1. The Bertz CT molecular complexity index is 461. The van der Waals surface area contributed by atoms with Crippen LogP contribution in [0, 0.1) is 0 Å². The molecule has 2 unspecified atom stereocenters. The van der Waals surface area contributed by atoms with E-state index in [9.17, 15) is 9.90 Å². The van der Waals surface area contributed by atoms with Gasteiger partial charge in [-0.25, -0.2) is 0 Å². The molecule has 0 amide bonds. The van der Waals surface area contributed by atoms with E-state index in [1.807, 2.05) is 26.0 Å². The number of methoxy groups -OCH3 is 1. The van der Waals surface area contributed by atoms with Gasteiger partial charge in [-0.15, -0.1) is 11.8 Å². The molecule has 1 aromatic carbocycles. The number of esters is 1. The van der Waals surface area contributed by atoms with Crippen LogP contribution in [0.4, 0.5) is 0 Å². The molecule has 4 nitrogen and oxygen atoms in total. The van der Waals surface area contributed by atoms with Gasteiger partial charge < -0.3 is 9.84 Å². The van der Waals surface area contributed by atoms with Crippen molar-refractivity contribution in [2.24, 2.45) is 0 Å². The summed E-state index contributed by atoms with van der Waals surface area (Å²) in [6.45, 7) is 3.98. The Kier molecular flexibility index (Phi) is 3.54. The summed E-state index contributed by atoms with van der Waals surface area (Å²) >= 11 is 1.61. The van der Waals surface area contributed by atoms with Crippen molar-refractivity contribution in [1.29, 1.82) is 0 Å². The molecule has 0 aliphatic carbocycles. The number of nitrogens with one attached hydrogen (secondary N) is 1. The third kappa shape index (κ3) is 2.33. The smallest absolute Gasteiger partial charge is 0.324 e. The number of phenols is 1. The number of rotatable bonds is 2.